The molecule has 2 heterocycles. The van der Waals surface area contributed by atoms with E-state index in [-0.39, 0.29) is 11.4 Å². The van der Waals surface area contributed by atoms with Crippen LogP contribution in [-0.4, -0.2) is 12.5 Å². The summed E-state index contributed by atoms with van der Waals surface area (Å²) < 4.78 is 0. The molecule has 3 rings (SSSR count). The van der Waals surface area contributed by atoms with E-state index in [1.54, 1.807) is 0 Å². The molecule has 3 nitrogen and oxygen atoms in total. The fourth-order valence-electron chi connectivity index (χ4n) is 2.85. The predicted molar refractivity (Wildman–Crippen MR) is 68.0 cm³/mol. The first-order valence-electron chi connectivity index (χ1n) is 6.22. The Labute approximate surface area is 102 Å². The van der Waals surface area contributed by atoms with Gasteiger partial charge in [-0.15, -0.1) is 0 Å². The largest absolute Gasteiger partial charge is 0.322 e. The van der Waals surface area contributed by atoms with Crippen molar-refractivity contribution in [3.8, 4) is 0 Å². The molecule has 0 bridgehead atoms. The summed E-state index contributed by atoms with van der Waals surface area (Å²) in [7, 11) is 0. The van der Waals surface area contributed by atoms with Crippen molar-refractivity contribution in [3.63, 3.8) is 0 Å². The van der Waals surface area contributed by atoms with Crippen molar-refractivity contribution in [3.05, 3.63) is 28.8 Å². The van der Waals surface area contributed by atoms with Crippen LogP contribution in [-0.2, 0) is 23.2 Å². The van der Waals surface area contributed by atoms with Crippen molar-refractivity contribution in [1.82, 2.24) is 0 Å². The maximum atomic E-state index is 11.9. The fraction of sp³-hybridized carbons (Fsp3) is 0.500. The second-order valence-electron chi connectivity index (χ2n) is 5.69. The highest BCUT2D eigenvalue weighted by molar-refractivity contribution is 6.02. The molecule has 0 saturated heterocycles. The molecule has 1 aromatic carbocycles. The number of anilines is 1. The number of amides is 1. The monoisotopic (exact) mass is 230 g/mol. The van der Waals surface area contributed by atoms with E-state index in [0.29, 0.717) is 6.42 Å². The van der Waals surface area contributed by atoms with Crippen LogP contribution in [0.4, 0.5) is 5.69 Å². The zero-order valence-electron chi connectivity index (χ0n) is 10.4. The van der Waals surface area contributed by atoms with Gasteiger partial charge in [-0.25, -0.2) is 0 Å². The SMILES string of the molecule is CC(C)(N)c1cc2c3c(c1)CC(=O)N3CCC2. The summed E-state index contributed by atoms with van der Waals surface area (Å²) in [5.74, 6) is 0.243. The standard InChI is InChI=1S/C14H18N2O/c1-14(2,15)11-6-9-4-3-5-16-12(17)8-10(7-11)13(9)16/h6-7H,3-5,8,15H2,1-2H3. The van der Waals surface area contributed by atoms with Gasteiger partial charge in [0.1, 0.15) is 0 Å². The molecule has 2 N–H and O–H groups in total. The highest BCUT2D eigenvalue weighted by Gasteiger charge is 2.33. The molecule has 0 spiro atoms. The minimum atomic E-state index is -0.334. The van der Waals surface area contributed by atoms with Crippen LogP contribution >= 0.6 is 0 Å². The summed E-state index contributed by atoms with van der Waals surface area (Å²) in [6.45, 7) is 4.90. The summed E-state index contributed by atoms with van der Waals surface area (Å²) in [6, 6.07) is 4.30. The third-order valence-corrected chi connectivity index (χ3v) is 3.75. The van der Waals surface area contributed by atoms with Crippen molar-refractivity contribution in [2.45, 2.75) is 38.6 Å². The van der Waals surface area contributed by atoms with E-state index >= 15 is 0 Å². The first-order valence-corrected chi connectivity index (χ1v) is 6.22. The Bertz CT molecular complexity index is 500. The van der Waals surface area contributed by atoms with Crippen molar-refractivity contribution in [2.75, 3.05) is 11.4 Å². The van der Waals surface area contributed by atoms with Crippen molar-refractivity contribution < 1.29 is 4.79 Å². The van der Waals surface area contributed by atoms with Crippen molar-refractivity contribution >= 4 is 11.6 Å². The van der Waals surface area contributed by atoms with E-state index in [1.165, 1.54) is 16.8 Å². The van der Waals surface area contributed by atoms with Gasteiger partial charge in [-0.3, -0.25) is 4.79 Å². The van der Waals surface area contributed by atoms with Gasteiger partial charge in [-0.2, -0.15) is 0 Å². The second kappa shape index (κ2) is 3.33. The lowest BCUT2D eigenvalue weighted by atomic mass is 9.89. The van der Waals surface area contributed by atoms with E-state index in [0.717, 1.165) is 24.9 Å². The fourth-order valence-corrected chi connectivity index (χ4v) is 2.85. The summed E-state index contributed by atoms with van der Waals surface area (Å²) in [6.07, 6.45) is 2.68. The first-order chi connectivity index (χ1) is 7.97. The molecule has 0 atom stereocenters. The molecule has 2 aliphatic rings. The third-order valence-electron chi connectivity index (χ3n) is 3.75. The average molecular weight is 230 g/mol. The number of hydrogen-bond donors (Lipinski definition) is 1. The van der Waals surface area contributed by atoms with Crippen LogP contribution in [0.2, 0.25) is 0 Å². The molecule has 0 unspecified atom stereocenters. The van der Waals surface area contributed by atoms with Crippen LogP contribution in [0.25, 0.3) is 0 Å². The normalized spacial score (nSPS) is 18.5. The van der Waals surface area contributed by atoms with Gasteiger partial charge < -0.3 is 10.6 Å². The number of carbonyl (C=O) groups excluding carboxylic acids is 1. The number of nitrogens with zero attached hydrogens (tertiary/aromatic N) is 1. The van der Waals surface area contributed by atoms with Gasteiger partial charge in [0.05, 0.1) is 12.1 Å². The Hall–Kier alpha value is -1.35. The van der Waals surface area contributed by atoms with Crippen LogP contribution in [0.15, 0.2) is 12.1 Å². The highest BCUT2D eigenvalue weighted by Crippen LogP contribution is 2.39. The molecule has 3 heteroatoms. The number of hydrogen-bond acceptors (Lipinski definition) is 2. The smallest absolute Gasteiger partial charge is 0.231 e. The van der Waals surface area contributed by atoms with Gasteiger partial charge in [-0.05, 0) is 43.4 Å². The van der Waals surface area contributed by atoms with E-state index in [9.17, 15) is 4.79 Å². The van der Waals surface area contributed by atoms with E-state index in [1.807, 2.05) is 18.7 Å². The lowest BCUT2D eigenvalue weighted by molar-refractivity contribution is -0.117. The van der Waals surface area contributed by atoms with Crippen molar-refractivity contribution in [2.24, 2.45) is 5.73 Å². The third kappa shape index (κ3) is 1.57. The molecule has 0 aromatic heterocycles. The molecule has 0 saturated carbocycles. The summed E-state index contributed by atoms with van der Waals surface area (Å²) >= 11 is 0. The number of rotatable bonds is 1. The Morgan fingerprint density at radius 3 is 2.71 bits per heavy atom. The topological polar surface area (TPSA) is 46.3 Å². The number of nitrogens with two attached hydrogens (primary N) is 1. The molecule has 2 aliphatic heterocycles. The minimum absolute atomic E-state index is 0.243. The van der Waals surface area contributed by atoms with Crippen LogP contribution in [0.1, 0.15) is 37.0 Å². The molecule has 0 fully saturated rings. The summed E-state index contributed by atoms with van der Waals surface area (Å²) in [5.41, 5.74) is 10.6. The zero-order valence-corrected chi connectivity index (χ0v) is 10.4. The summed E-state index contributed by atoms with van der Waals surface area (Å²) in [5, 5.41) is 0. The zero-order chi connectivity index (χ0) is 12.2. The molecule has 17 heavy (non-hydrogen) atoms. The van der Waals surface area contributed by atoms with E-state index < -0.39 is 0 Å². The van der Waals surface area contributed by atoms with Crippen LogP contribution < -0.4 is 10.6 Å². The lowest BCUT2D eigenvalue weighted by Gasteiger charge is -2.28. The Kier molecular flexibility index (Phi) is 2.11. The minimum Gasteiger partial charge on any atom is -0.322 e. The molecular formula is C14H18N2O. The average Bonchev–Trinajstić information content (AvgIpc) is 2.56. The quantitative estimate of drug-likeness (QED) is 0.798. The molecule has 0 aliphatic carbocycles. The van der Waals surface area contributed by atoms with Crippen LogP contribution in [0.5, 0.6) is 0 Å². The number of aryl methyl sites for hydroxylation is 1. The van der Waals surface area contributed by atoms with Gasteiger partial charge in [0.15, 0.2) is 0 Å². The molecule has 0 radical (unpaired) electrons. The molecule has 1 amide bonds. The summed E-state index contributed by atoms with van der Waals surface area (Å²) in [4.78, 5) is 13.8. The van der Waals surface area contributed by atoms with Gasteiger partial charge in [0.2, 0.25) is 5.91 Å². The van der Waals surface area contributed by atoms with Crippen LogP contribution in [0, 0.1) is 0 Å². The number of carbonyl (C=O) groups is 1. The van der Waals surface area contributed by atoms with Gasteiger partial charge in [-0.1, -0.05) is 12.1 Å². The van der Waals surface area contributed by atoms with Crippen LogP contribution in [0.3, 0.4) is 0 Å². The Morgan fingerprint density at radius 1 is 1.29 bits per heavy atom. The first kappa shape index (κ1) is 10.8. The van der Waals surface area contributed by atoms with E-state index in [4.69, 9.17) is 5.73 Å². The van der Waals surface area contributed by atoms with E-state index in [2.05, 4.69) is 12.1 Å². The Morgan fingerprint density at radius 2 is 2.00 bits per heavy atom. The van der Waals surface area contributed by atoms with Gasteiger partial charge >= 0.3 is 0 Å². The van der Waals surface area contributed by atoms with Crippen molar-refractivity contribution in [1.29, 1.82) is 0 Å². The molecular weight excluding hydrogens is 212 g/mol. The van der Waals surface area contributed by atoms with Gasteiger partial charge in [0.25, 0.3) is 0 Å². The lowest BCUT2D eigenvalue weighted by Crippen LogP contribution is -2.32. The predicted octanol–water partition coefficient (Wildman–Crippen LogP) is 1.72. The second-order valence-corrected chi connectivity index (χ2v) is 5.69. The maximum Gasteiger partial charge on any atom is 0.231 e. The maximum absolute atomic E-state index is 11.9. The number of benzene rings is 1. The molecule has 90 valence electrons. The van der Waals surface area contributed by atoms with Gasteiger partial charge in [0, 0.05) is 12.1 Å². The highest BCUT2D eigenvalue weighted by atomic mass is 16.2. The molecule has 1 aromatic rings. The Balaban J connectivity index is 2.18.